The van der Waals surface area contributed by atoms with E-state index < -0.39 is 6.10 Å². The number of hydrogen-bond donors (Lipinski definition) is 1. The lowest BCUT2D eigenvalue weighted by Crippen LogP contribution is -2.09. The monoisotopic (exact) mass is 262 g/mol. The smallest absolute Gasteiger partial charge is 0.157 e. The number of aliphatic hydroxyl groups is 1. The molecule has 19 heavy (non-hydrogen) atoms. The van der Waals surface area contributed by atoms with E-state index in [-0.39, 0.29) is 6.61 Å². The fourth-order valence-electron chi connectivity index (χ4n) is 1.71. The first-order valence-corrected chi connectivity index (χ1v) is 6.20. The molecule has 102 valence electrons. The molecule has 1 aromatic heterocycles. The molecular formula is C14H18N2O3. The van der Waals surface area contributed by atoms with Crippen molar-refractivity contribution in [3.63, 3.8) is 0 Å². The second-order valence-electron chi connectivity index (χ2n) is 4.14. The lowest BCUT2D eigenvalue weighted by atomic mass is 10.1. The van der Waals surface area contributed by atoms with Crippen LogP contribution in [0.15, 0.2) is 36.7 Å². The van der Waals surface area contributed by atoms with Crippen LogP contribution in [-0.2, 0) is 6.54 Å². The maximum Gasteiger partial charge on any atom is 0.157 e. The van der Waals surface area contributed by atoms with Crippen molar-refractivity contribution in [1.82, 2.24) is 9.78 Å². The maximum atomic E-state index is 10.1. The molecule has 1 atom stereocenters. The third-order valence-electron chi connectivity index (χ3n) is 2.82. The van der Waals surface area contributed by atoms with Gasteiger partial charge in [-0.1, -0.05) is 12.1 Å². The van der Waals surface area contributed by atoms with E-state index in [2.05, 4.69) is 5.10 Å². The summed E-state index contributed by atoms with van der Waals surface area (Å²) in [5.74, 6) is 1.37. The fraction of sp³-hybridized carbons (Fsp3) is 0.357. The molecular weight excluding hydrogens is 244 g/mol. The van der Waals surface area contributed by atoms with Crippen molar-refractivity contribution < 1.29 is 14.6 Å². The second-order valence-corrected chi connectivity index (χ2v) is 4.14. The first kappa shape index (κ1) is 13.4. The summed E-state index contributed by atoms with van der Waals surface area (Å²) in [4.78, 5) is 0. The van der Waals surface area contributed by atoms with Gasteiger partial charge in [0.15, 0.2) is 5.75 Å². The molecule has 0 amide bonds. The maximum absolute atomic E-state index is 10.1. The number of rotatable bonds is 6. The number of hydrogen-bond acceptors (Lipinski definition) is 4. The Morgan fingerprint density at radius 3 is 2.89 bits per heavy atom. The predicted molar refractivity (Wildman–Crippen MR) is 71.3 cm³/mol. The zero-order chi connectivity index (χ0) is 13.7. The van der Waals surface area contributed by atoms with Crippen molar-refractivity contribution in [1.29, 1.82) is 0 Å². The lowest BCUT2D eigenvalue weighted by Gasteiger charge is -2.12. The summed E-state index contributed by atoms with van der Waals surface area (Å²) in [5.41, 5.74) is 0.766. The van der Waals surface area contributed by atoms with Gasteiger partial charge in [-0.3, -0.25) is 4.68 Å². The molecule has 0 saturated carbocycles. The summed E-state index contributed by atoms with van der Waals surface area (Å²) in [7, 11) is 1.60. The number of aliphatic hydroxyl groups excluding tert-OH is 1. The average Bonchev–Trinajstić information content (AvgIpc) is 2.93. The predicted octanol–water partition coefficient (Wildman–Crippen LogP) is 2.02. The molecule has 0 bridgehead atoms. The van der Waals surface area contributed by atoms with Gasteiger partial charge < -0.3 is 14.6 Å². The van der Waals surface area contributed by atoms with Crippen molar-refractivity contribution in [2.24, 2.45) is 0 Å². The van der Waals surface area contributed by atoms with Crippen LogP contribution in [0.25, 0.3) is 0 Å². The quantitative estimate of drug-likeness (QED) is 0.865. The molecule has 2 aromatic rings. The Morgan fingerprint density at radius 2 is 2.21 bits per heavy atom. The van der Waals surface area contributed by atoms with Gasteiger partial charge in [0.2, 0.25) is 0 Å². The summed E-state index contributed by atoms with van der Waals surface area (Å²) in [6.07, 6.45) is 2.75. The van der Waals surface area contributed by atoms with E-state index in [0.717, 1.165) is 17.9 Å². The summed E-state index contributed by atoms with van der Waals surface area (Å²) in [6.45, 7) is 2.98. The van der Waals surface area contributed by atoms with Crippen LogP contribution in [0.3, 0.4) is 0 Å². The molecule has 0 saturated heterocycles. The number of nitrogens with zero attached hydrogens (tertiary/aromatic N) is 2. The minimum Gasteiger partial charge on any atom is -0.497 e. The van der Waals surface area contributed by atoms with Gasteiger partial charge in [-0.25, -0.2) is 0 Å². The number of methoxy groups -OCH3 is 1. The van der Waals surface area contributed by atoms with Crippen molar-refractivity contribution in [2.75, 3.05) is 13.7 Å². The minimum absolute atomic E-state index is 0.183. The molecule has 0 spiro atoms. The van der Waals surface area contributed by atoms with Gasteiger partial charge in [-0.2, -0.15) is 5.10 Å². The lowest BCUT2D eigenvalue weighted by molar-refractivity contribution is 0.108. The molecule has 0 fully saturated rings. The molecule has 1 N–H and O–H groups in total. The number of aromatic nitrogens is 2. The Labute approximate surface area is 112 Å². The Bertz CT molecular complexity index is 525. The van der Waals surface area contributed by atoms with Crippen LogP contribution in [0.5, 0.6) is 11.5 Å². The minimum atomic E-state index is -0.694. The highest BCUT2D eigenvalue weighted by atomic mass is 16.5. The van der Waals surface area contributed by atoms with Gasteiger partial charge in [-0.05, 0) is 24.6 Å². The number of aryl methyl sites for hydroxylation is 1. The Kier molecular flexibility index (Phi) is 4.41. The first-order chi connectivity index (χ1) is 9.22. The normalized spacial score (nSPS) is 12.2. The summed E-state index contributed by atoms with van der Waals surface area (Å²) in [5, 5.41) is 14.2. The van der Waals surface area contributed by atoms with Crippen LogP contribution < -0.4 is 9.47 Å². The summed E-state index contributed by atoms with van der Waals surface area (Å²) >= 11 is 0. The van der Waals surface area contributed by atoms with E-state index >= 15 is 0 Å². The van der Waals surface area contributed by atoms with Gasteiger partial charge in [0.25, 0.3) is 0 Å². The molecule has 5 heteroatoms. The van der Waals surface area contributed by atoms with E-state index in [1.165, 1.54) is 0 Å². The molecule has 0 aliphatic carbocycles. The van der Waals surface area contributed by atoms with Crippen LogP contribution in [0.2, 0.25) is 0 Å². The van der Waals surface area contributed by atoms with Crippen LogP contribution in [-0.4, -0.2) is 28.6 Å². The Balaban J connectivity index is 1.94. The largest absolute Gasteiger partial charge is 0.497 e. The molecule has 0 radical (unpaired) electrons. The molecule has 1 unspecified atom stereocenters. The van der Waals surface area contributed by atoms with Crippen molar-refractivity contribution in [2.45, 2.75) is 19.6 Å². The third kappa shape index (κ3) is 3.48. The van der Waals surface area contributed by atoms with E-state index in [4.69, 9.17) is 9.47 Å². The third-order valence-corrected chi connectivity index (χ3v) is 2.82. The SMILES string of the molecule is CCn1cc(OCC(O)c2cccc(OC)c2)cn1. The van der Waals surface area contributed by atoms with Crippen molar-refractivity contribution in [3.05, 3.63) is 42.2 Å². The van der Waals surface area contributed by atoms with Gasteiger partial charge in [0.1, 0.15) is 18.5 Å². The Morgan fingerprint density at radius 1 is 1.37 bits per heavy atom. The topological polar surface area (TPSA) is 56.5 Å². The van der Waals surface area contributed by atoms with Crippen molar-refractivity contribution >= 4 is 0 Å². The fourth-order valence-corrected chi connectivity index (χ4v) is 1.71. The number of ether oxygens (including phenoxy) is 2. The van der Waals surface area contributed by atoms with Crippen LogP contribution in [0.4, 0.5) is 0 Å². The van der Waals surface area contributed by atoms with E-state index in [0.29, 0.717) is 5.75 Å². The highest BCUT2D eigenvalue weighted by Gasteiger charge is 2.10. The van der Waals surface area contributed by atoms with E-state index in [1.807, 2.05) is 25.1 Å². The van der Waals surface area contributed by atoms with E-state index in [1.54, 1.807) is 30.3 Å². The highest BCUT2D eigenvalue weighted by molar-refractivity contribution is 5.30. The molecule has 1 aromatic carbocycles. The first-order valence-electron chi connectivity index (χ1n) is 6.20. The highest BCUT2D eigenvalue weighted by Crippen LogP contribution is 2.20. The van der Waals surface area contributed by atoms with Gasteiger partial charge >= 0.3 is 0 Å². The molecule has 2 rings (SSSR count). The van der Waals surface area contributed by atoms with E-state index in [9.17, 15) is 5.11 Å². The standard InChI is InChI=1S/C14H18N2O3/c1-3-16-9-13(8-15-16)19-10-14(17)11-5-4-6-12(7-11)18-2/h4-9,14,17H,3,10H2,1-2H3. The van der Waals surface area contributed by atoms with Crippen molar-refractivity contribution in [3.8, 4) is 11.5 Å². The Hall–Kier alpha value is -2.01. The van der Waals surface area contributed by atoms with Gasteiger partial charge in [0, 0.05) is 6.54 Å². The zero-order valence-corrected chi connectivity index (χ0v) is 11.1. The summed E-state index contributed by atoms with van der Waals surface area (Å²) in [6, 6.07) is 7.31. The summed E-state index contributed by atoms with van der Waals surface area (Å²) < 4.78 is 12.4. The van der Waals surface area contributed by atoms with Crippen LogP contribution >= 0.6 is 0 Å². The molecule has 0 aliphatic heterocycles. The molecule has 5 nitrogen and oxygen atoms in total. The molecule has 0 aliphatic rings. The zero-order valence-electron chi connectivity index (χ0n) is 11.1. The second kappa shape index (κ2) is 6.24. The molecule has 1 heterocycles. The number of benzene rings is 1. The van der Waals surface area contributed by atoms with Crippen LogP contribution in [0.1, 0.15) is 18.6 Å². The van der Waals surface area contributed by atoms with Gasteiger partial charge in [-0.15, -0.1) is 0 Å². The van der Waals surface area contributed by atoms with Crippen LogP contribution in [0, 0.1) is 0 Å². The average molecular weight is 262 g/mol. The van der Waals surface area contributed by atoms with Gasteiger partial charge in [0.05, 0.1) is 19.5 Å².